The highest BCUT2D eigenvalue weighted by molar-refractivity contribution is 5.76. The van der Waals surface area contributed by atoms with Gasteiger partial charge in [-0.15, -0.1) is 10.2 Å². The monoisotopic (exact) mass is 342 g/mol. The van der Waals surface area contributed by atoms with E-state index in [-0.39, 0.29) is 5.91 Å². The molecule has 0 aliphatic carbocycles. The summed E-state index contributed by atoms with van der Waals surface area (Å²) in [6, 6.07) is 9.81. The van der Waals surface area contributed by atoms with E-state index in [0.29, 0.717) is 24.1 Å². The van der Waals surface area contributed by atoms with E-state index in [1.54, 1.807) is 0 Å². The van der Waals surface area contributed by atoms with Crippen LogP contribution in [0.2, 0.25) is 0 Å². The van der Waals surface area contributed by atoms with Gasteiger partial charge < -0.3 is 9.32 Å². The Morgan fingerprint density at radius 1 is 1.12 bits per heavy atom. The lowest BCUT2D eigenvalue weighted by molar-refractivity contribution is -0.133. The van der Waals surface area contributed by atoms with Gasteiger partial charge in [-0.2, -0.15) is 0 Å². The summed E-state index contributed by atoms with van der Waals surface area (Å²) in [5.41, 5.74) is 0.943. The molecule has 0 spiro atoms. The summed E-state index contributed by atoms with van der Waals surface area (Å²) < 4.78 is 5.75. The maximum atomic E-state index is 12.1. The standard InChI is InChI=1S/C19H26N4O2/c1-15(2)14-18(24)23-12-10-22(11-13-23)9-8-17-20-21-19(25-17)16-6-4-3-5-7-16/h3-7,15H,8-14H2,1-2H3. The van der Waals surface area contributed by atoms with Crippen molar-refractivity contribution in [3.05, 3.63) is 36.2 Å². The van der Waals surface area contributed by atoms with Crippen molar-refractivity contribution in [2.24, 2.45) is 5.92 Å². The Bertz CT molecular complexity index is 676. The second-order valence-electron chi connectivity index (χ2n) is 6.94. The highest BCUT2D eigenvalue weighted by Crippen LogP contribution is 2.17. The van der Waals surface area contributed by atoms with E-state index >= 15 is 0 Å². The Morgan fingerprint density at radius 3 is 2.52 bits per heavy atom. The lowest BCUT2D eigenvalue weighted by atomic mass is 10.1. The lowest BCUT2D eigenvalue weighted by Gasteiger charge is -2.34. The Balaban J connectivity index is 1.45. The Kier molecular flexibility index (Phi) is 5.81. The van der Waals surface area contributed by atoms with Gasteiger partial charge in [0.2, 0.25) is 17.7 Å². The molecule has 3 rings (SSSR count). The minimum atomic E-state index is 0.277. The summed E-state index contributed by atoms with van der Waals surface area (Å²) in [5.74, 6) is 1.93. The maximum Gasteiger partial charge on any atom is 0.247 e. The van der Waals surface area contributed by atoms with Gasteiger partial charge in [-0.1, -0.05) is 32.0 Å². The fraction of sp³-hybridized carbons (Fsp3) is 0.526. The van der Waals surface area contributed by atoms with E-state index in [9.17, 15) is 4.79 Å². The second kappa shape index (κ2) is 8.25. The number of carbonyl (C=O) groups is 1. The molecule has 6 heteroatoms. The molecule has 1 amide bonds. The van der Waals surface area contributed by atoms with Crippen LogP contribution in [0, 0.1) is 5.92 Å². The molecule has 0 bridgehead atoms. The molecular formula is C19H26N4O2. The van der Waals surface area contributed by atoms with Crippen molar-refractivity contribution in [3.63, 3.8) is 0 Å². The second-order valence-corrected chi connectivity index (χ2v) is 6.94. The topological polar surface area (TPSA) is 62.5 Å². The van der Waals surface area contributed by atoms with Crippen LogP contribution in [0.25, 0.3) is 11.5 Å². The zero-order chi connectivity index (χ0) is 17.6. The van der Waals surface area contributed by atoms with Crippen molar-refractivity contribution in [3.8, 4) is 11.5 Å². The molecule has 1 aromatic heterocycles. The van der Waals surface area contributed by atoms with Gasteiger partial charge in [0.25, 0.3) is 0 Å². The SMILES string of the molecule is CC(C)CC(=O)N1CCN(CCc2nnc(-c3ccccc3)o2)CC1. The number of rotatable bonds is 6. The van der Waals surface area contributed by atoms with E-state index < -0.39 is 0 Å². The number of aromatic nitrogens is 2. The van der Waals surface area contributed by atoms with E-state index in [2.05, 4.69) is 28.9 Å². The van der Waals surface area contributed by atoms with Crippen LogP contribution < -0.4 is 0 Å². The molecule has 0 saturated carbocycles. The van der Waals surface area contributed by atoms with E-state index in [1.165, 1.54) is 0 Å². The summed E-state index contributed by atoms with van der Waals surface area (Å²) in [6.07, 6.45) is 1.38. The van der Waals surface area contributed by atoms with Crippen LogP contribution in [-0.2, 0) is 11.2 Å². The molecule has 134 valence electrons. The number of hydrogen-bond donors (Lipinski definition) is 0. The van der Waals surface area contributed by atoms with Gasteiger partial charge in [-0.25, -0.2) is 0 Å². The van der Waals surface area contributed by atoms with Gasteiger partial charge in [-0.3, -0.25) is 9.69 Å². The number of carbonyl (C=O) groups excluding carboxylic acids is 1. The van der Waals surface area contributed by atoms with E-state index in [1.807, 2.05) is 35.2 Å². The van der Waals surface area contributed by atoms with Crippen molar-refractivity contribution in [1.82, 2.24) is 20.0 Å². The van der Waals surface area contributed by atoms with Crippen molar-refractivity contribution in [2.45, 2.75) is 26.7 Å². The average molecular weight is 342 g/mol. The predicted octanol–water partition coefficient (Wildman–Crippen LogP) is 2.47. The Labute approximate surface area is 148 Å². The molecule has 6 nitrogen and oxygen atoms in total. The molecule has 1 aliphatic heterocycles. The largest absolute Gasteiger partial charge is 0.421 e. The number of hydrogen-bond acceptors (Lipinski definition) is 5. The zero-order valence-corrected chi connectivity index (χ0v) is 15.0. The van der Waals surface area contributed by atoms with Crippen LogP contribution in [0.3, 0.4) is 0 Å². The summed E-state index contributed by atoms with van der Waals surface area (Å²) in [7, 11) is 0. The molecular weight excluding hydrogens is 316 g/mol. The van der Waals surface area contributed by atoms with Gasteiger partial charge in [0.15, 0.2) is 0 Å². The van der Waals surface area contributed by atoms with Crippen LogP contribution in [0.1, 0.15) is 26.2 Å². The van der Waals surface area contributed by atoms with E-state index in [4.69, 9.17) is 4.42 Å². The van der Waals surface area contributed by atoms with Gasteiger partial charge in [0.05, 0.1) is 0 Å². The fourth-order valence-electron chi connectivity index (χ4n) is 3.00. The molecule has 0 unspecified atom stereocenters. The third kappa shape index (κ3) is 4.89. The lowest BCUT2D eigenvalue weighted by Crippen LogP contribution is -2.49. The number of amides is 1. The highest BCUT2D eigenvalue weighted by Gasteiger charge is 2.21. The first kappa shape index (κ1) is 17.6. The van der Waals surface area contributed by atoms with Gasteiger partial charge >= 0.3 is 0 Å². The van der Waals surface area contributed by atoms with Crippen molar-refractivity contribution < 1.29 is 9.21 Å². The molecule has 1 aliphatic rings. The van der Waals surface area contributed by atoms with Crippen molar-refractivity contribution >= 4 is 5.91 Å². The maximum absolute atomic E-state index is 12.1. The molecule has 0 atom stereocenters. The molecule has 0 N–H and O–H groups in total. The minimum Gasteiger partial charge on any atom is -0.421 e. The number of nitrogens with zero attached hydrogens (tertiary/aromatic N) is 4. The first-order chi connectivity index (χ1) is 12.1. The van der Waals surface area contributed by atoms with Crippen LogP contribution in [0.15, 0.2) is 34.7 Å². The third-order valence-corrected chi connectivity index (χ3v) is 4.44. The number of piperazine rings is 1. The van der Waals surface area contributed by atoms with Gasteiger partial charge in [0, 0.05) is 51.1 Å². The summed E-state index contributed by atoms with van der Waals surface area (Å²) in [4.78, 5) is 16.4. The summed E-state index contributed by atoms with van der Waals surface area (Å²) in [6.45, 7) is 8.48. The van der Waals surface area contributed by atoms with E-state index in [0.717, 1.165) is 44.7 Å². The normalized spacial score (nSPS) is 15.7. The molecule has 25 heavy (non-hydrogen) atoms. The number of benzene rings is 1. The molecule has 1 aromatic carbocycles. The first-order valence-corrected chi connectivity index (χ1v) is 9.00. The average Bonchev–Trinajstić information content (AvgIpc) is 3.10. The van der Waals surface area contributed by atoms with Crippen LogP contribution in [0.4, 0.5) is 0 Å². The predicted molar refractivity (Wildman–Crippen MR) is 95.9 cm³/mol. The highest BCUT2D eigenvalue weighted by atomic mass is 16.4. The van der Waals surface area contributed by atoms with Gasteiger partial charge in [-0.05, 0) is 18.1 Å². The molecule has 2 heterocycles. The minimum absolute atomic E-state index is 0.277. The quantitative estimate of drug-likeness (QED) is 0.807. The van der Waals surface area contributed by atoms with Crippen molar-refractivity contribution in [2.75, 3.05) is 32.7 Å². The van der Waals surface area contributed by atoms with Crippen LogP contribution in [0.5, 0.6) is 0 Å². The Morgan fingerprint density at radius 2 is 1.84 bits per heavy atom. The molecule has 0 radical (unpaired) electrons. The van der Waals surface area contributed by atoms with Gasteiger partial charge in [0.1, 0.15) is 0 Å². The zero-order valence-electron chi connectivity index (χ0n) is 15.0. The molecule has 1 saturated heterocycles. The van der Waals surface area contributed by atoms with Crippen molar-refractivity contribution in [1.29, 1.82) is 0 Å². The first-order valence-electron chi connectivity index (χ1n) is 9.00. The summed E-state index contributed by atoms with van der Waals surface area (Å²) >= 11 is 0. The van der Waals surface area contributed by atoms with Crippen LogP contribution in [-0.4, -0.2) is 58.6 Å². The summed E-state index contributed by atoms with van der Waals surface area (Å²) in [5, 5.41) is 8.27. The van der Waals surface area contributed by atoms with Crippen LogP contribution >= 0.6 is 0 Å². The Hall–Kier alpha value is -2.21. The smallest absolute Gasteiger partial charge is 0.247 e. The third-order valence-electron chi connectivity index (χ3n) is 4.44. The molecule has 1 fully saturated rings. The fourth-order valence-corrected chi connectivity index (χ4v) is 3.00. The molecule has 2 aromatic rings.